The highest BCUT2D eigenvalue weighted by Crippen LogP contribution is 2.52. The van der Waals surface area contributed by atoms with Crippen molar-refractivity contribution in [3.8, 4) is 17.2 Å². The van der Waals surface area contributed by atoms with Gasteiger partial charge in [-0.15, -0.1) is 0 Å². The number of methoxy groups -OCH3 is 2. The Morgan fingerprint density at radius 3 is 2.46 bits per heavy atom. The zero-order valence-corrected chi connectivity index (χ0v) is 35.1. The molecule has 4 aliphatic rings. The lowest BCUT2D eigenvalue weighted by molar-refractivity contribution is -0.117. The zero-order chi connectivity index (χ0) is 42.7. The number of benzene rings is 3. The van der Waals surface area contributed by atoms with Crippen molar-refractivity contribution in [2.75, 3.05) is 34.6 Å². The number of fused-ring (bicyclic) bond motifs is 3. The number of aryl methyl sites for hydroxylation is 1. The largest absolute Gasteiger partial charge is 0.496 e. The lowest BCUT2D eigenvalue weighted by Crippen LogP contribution is -2.33. The number of oxazole rings is 2. The van der Waals surface area contributed by atoms with Gasteiger partial charge in [-0.2, -0.15) is 4.98 Å². The molecule has 15 heteroatoms. The lowest BCUT2D eigenvalue weighted by Gasteiger charge is -2.33. The van der Waals surface area contributed by atoms with E-state index in [0.29, 0.717) is 74.3 Å². The van der Waals surface area contributed by atoms with Crippen LogP contribution in [-0.4, -0.2) is 75.5 Å². The van der Waals surface area contributed by atoms with Gasteiger partial charge in [0.1, 0.15) is 28.6 Å². The minimum absolute atomic E-state index is 0.235. The molecule has 312 valence electrons. The van der Waals surface area contributed by atoms with Gasteiger partial charge in [0.15, 0.2) is 17.2 Å². The zero-order valence-electron chi connectivity index (χ0n) is 34.3. The number of sulfonamides is 1. The Morgan fingerprint density at radius 1 is 0.967 bits per heavy atom. The third kappa shape index (κ3) is 7.06. The van der Waals surface area contributed by atoms with Crippen molar-refractivity contribution < 1.29 is 40.6 Å². The molecule has 9 rings (SSSR count). The van der Waals surface area contributed by atoms with Crippen molar-refractivity contribution in [3.63, 3.8) is 0 Å². The van der Waals surface area contributed by atoms with Crippen LogP contribution in [0.5, 0.6) is 5.75 Å². The second-order valence-corrected chi connectivity index (χ2v) is 17.2. The van der Waals surface area contributed by atoms with Gasteiger partial charge >= 0.3 is 0 Å². The first kappa shape index (κ1) is 39.9. The average Bonchev–Trinajstić information content (AvgIpc) is 4.01. The fourth-order valence-corrected chi connectivity index (χ4v) is 8.95. The van der Waals surface area contributed by atoms with E-state index in [1.165, 1.54) is 30.5 Å². The number of carbonyl (C=O) groups excluding carboxylic acids is 1. The average molecular weight is 844 g/mol. The van der Waals surface area contributed by atoms with Crippen LogP contribution in [0.25, 0.3) is 45.0 Å². The van der Waals surface area contributed by atoms with E-state index in [4.69, 9.17) is 28.0 Å². The SMILES string of the molecule is CNC(=O)C1=C(c2ccc(F)cc2)OC2=CC(N(C)S(C)(=O)=O)=C(c3ccc(OC)c(-c4nc5cc(C6=CCC(OC)C(c7nc8c(o7)CCC=N8)=C6)ccc5o4)c3)C(C)C21. The topological polar surface area (TPSA) is 159 Å². The Morgan fingerprint density at radius 2 is 1.74 bits per heavy atom. The van der Waals surface area contributed by atoms with Crippen molar-refractivity contribution in [2.45, 2.75) is 32.3 Å². The molecule has 0 bridgehead atoms. The van der Waals surface area contributed by atoms with Crippen molar-refractivity contribution in [1.82, 2.24) is 19.6 Å². The van der Waals surface area contributed by atoms with Crippen LogP contribution >= 0.6 is 0 Å². The molecule has 5 aromatic rings. The van der Waals surface area contributed by atoms with Crippen molar-refractivity contribution in [2.24, 2.45) is 16.8 Å². The molecule has 0 spiro atoms. The van der Waals surface area contributed by atoms with Gasteiger partial charge < -0.3 is 28.4 Å². The Bertz CT molecular complexity index is 2940. The van der Waals surface area contributed by atoms with Crippen molar-refractivity contribution in [3.05, 3.63) is 130 Å². The summed E-state index contributed by atoms with van der Waals surface area (Å²) in [5.41, 5.74) is 6.86. The molecule has 3 aromatic carbocycles. The summed E-state index contributed by atoms with van der Waals surface area (Å²) in [6, 6.07) is 17.0. The summed E-state index contributed by atoms with van der Waals surface area (Å²) in [6.45, 7) is 1.92. The maximum Gasteiger partial charge on any atom is 0.251 e. The number of amides is 1. The molecular weight excluding hydrogens is 802 g/mol. The van der Waals surface area contributed by atoms with Crippen LogP contribution in [0.4, 0.5) is 10.2 Å². The number of carbonyl (C=O) groups is 1. The van der Waals surface area contributed by atoms with Crippen LogP contribution in [0.2, 0.25) is 0 Å². The van der Waals surface area contributed by atoms with Crippen LogP contribution in [0.1, 0.15) is 48.1 Å². The van der Waals surface area contributed by atoms with E-state index in [0.717, 1.165) is 41.6 Å². The van der Waals surface area contributed by atoms with Gasteiger partial charge in [0.2, 0.25) is 21.8 Å². The summed E-state index contributed by atoms with van der Waals surface area (Å²) in [5.74, 6) is 1.39. The number of hydrogen-bond acceptors (Lipinski definition) is 11. The number of allylic oxidation sites excluding steroid dienone is 5. The van der Waals surface area contributed by atoms with Crippen molar-refractivity contribution >= 4 is 61.5 Å². The molecule has 1 N–H and O–H groups in total. The predicted octanol–water partition coefficient (Wildman–Crippen LogP) is 8.10. The Labute approximate surface area is 351 Å². The second-order valence-electron chi connectivity index (χ2n) is 15.2. The maximum absolute atomic E-state index is 14.0. The van der Waals surface area contributed by atoms with Crippen LogP contribution < -0.4 is 10.1 Å². The number of ether oxygens (including phenoxy) is 3. The molecule has 2 aliphatic carbocycles. The summed E-state index contributed by atoms with van der Waals surface area (Å²) in [4.78, 5) is 27.6. The number of rotatable bonds is 10. The highest BCUT2D eigenvalue weighted by Gasteiger charge is 2.45. The number of hydrogen-bond donors (Lipinski definition) is 1. The fraction of sp³-hybridized carbons (Fsp3) is 0.261. The molecular formula is C46H42FN5O8S. The van der Waals surface area contributed by atoms with Gasteiger partial charge in [-0.3, -0.25) is 9.10 Å². The highest BCUT2D eigenvalue weighted by atomic mass is 32.2. The fourth-order valence-electron chi connectivity index (χ4n) is 8.44. The molecule has 61 heavy (non-hydrogen) atoms. The van der Waals surface area contributed by atoms with Gasteiger partial charge in [-0.05, 0) is 95.6 Å². The smallest absolute Gasteiger partial charge is 0.251 e. The molecule has 3 atom stereocenters. The van der Waals surface area contributed by atoms with Gasteiger partial charge in [0.05, 0.1) is 42.2 Å². The number of aromatic nitrogens is 2. The summed E-state index contributed by atoms with van der Waals surface area (Å²) in [5, 5.41) is 2.73. The number of likely N-dealkylation sites (N-methyl/N-ethyl adjacent to an activating group) is 2. The van der Waals surface area contributed by atoms with E-state index in [2.05, 4.69) is 21.4 Å². The van der Waals surface area contributed by atoms with Crippen LogP contribution in [-0.2, 0) is 30.7 Å². The third-order valence-electron chi connectivity index (χ3n) is 11.6. The molecule has 2 aromatic heterocycles. The Hall–Kier alpha value is -6.58. The first-order chi connectivity index (χ1) is 29.4. The first-order valence-electron chi connectivity index (χ1n) is 19.7. The molecule has 0 saturated heterocycles. The molecule has 13 nitrogen and oxygen atoms in total. The number of halogens is 1. The Balaban J connectivity index is 1.11. The van der Waals surface area contributed by atoms with E-state index in [1.807, 2.05) is 49.5 Å². The minimum atomic E-state index is -3.78. The molecule has 0 fully saturated rings. The van der Waals surface area contributed by atoms with E-state index in [9.17, 15) is 17.6 Å². The molecule has 1 amide bonds. The second kappa shape index (κ2) is 15.5. The predicted molar refractivity (Wildman–Crippen MR) is 229 cm³/mol. The lowest BCUT2D eigenvalue weighted by atomic mass is 9.74. The van der Waals surface area contributed by atoms with Crippen LogP contribution in [0.3, 0.4) is 0 Å². The van der Waals surface area contributed by atoms with Crippen LogP contribution in [0, 0.1) is 17.7 Å². The minimum Gasteiger partial charge on any atom is -0.496 e. The van der Waals surface area contributed by atoms with E-state index >= 15 is 0 Å². The van der Waals surface area contributed by atoms with Gasteiger partial charge in [0.25, 0.3) is 5.91 Å². The van der Waals surface area contributed by atoms with E-state index in [1.54, 1.807) is 38.5 Å². The van der Waals surface area contributed by atoms with Crippen LogP contribution in [0.15, 0.2) is 110 Å². The molecule has 4 heterocycles. The Kier molecular flexibility index (Phi) is 10.1. The van der Waals surface area contributed by atoms with Gasteiger partial charge in [-0.1, -0.05) is 25.1 Å². The normalized spacial score (nSPS) is 19.9. The summed E-state index contributed by atoms with van der Waals surface area (Å²) < 4.78 is 72.1. The summed E-state index contributed by atoms with van der Waals surface area (Å²) in [7, 11) is 2.45. The molecule has 0 saturated carbocycles. The number of nitrogens with one attached hydrogen (secondary N) is 1. The number of aliphatic imine (C=N–C) groups is 1. The highest BCUT2D eigenvalue weighted by molar-refractivity contribution is 7.88. The standard InChI is InChI=1S/C46H42FN5O8S/c1-24-39(33(52(3)61(6,54)55)23-38-40(24)41(44(53)48-2)42(58-38)25-9-14-29(47)15-10-25)28-13-17-35(57-5)31(21-28)45-50-32-22-27(12-18-36(32)59-45)26-11-16-34(56-4)30(20-26)46-51-43-37(60-46)8-7-19-49-43/h9-15,17-24,34,40H,7-8,16H2,1-6H3,(H,48,53). The summed E-state index contributed by atoms with van der Waals surface area (Å²) in [6.07, 6.45) is 10.7. The van der Waals surface area contributed by atoms with E-state index < -0.39 is 27.7 Å². The quantitative estimate of drug-likeness (QED) is 0.146. The monoisotopic (exact) mass is 843 g/mol. The number of nitrogens with zero attached hydrogens (tertiary/aromatic N) is 4. The van der Waals surface area contributed by atoms with Gasteiger partial charge in [0, 0.05) is 51.1 Å². The van der Waals surface area contributed by atoms with Crippen molar-refractivity contribution in [1.29, 1.82) is 0 Å². The third-order valence-corrected chi connectivity index (χ3v) is 12.8. The first-order valence-corrected chi connectivity index (χ1v) is 21.6. The molecule has 3 unspecified atom stereocenters. The maximum atomic E-state index is 14.0. The van der Waals surface area contributed by atoms with E-state index in [-0.39, 0.29) is 23.7 Å². The van der Waals surface area contributed by atoms with Gasteiger partial charge in [-0.25, -0.2) is 22.8 Å². The molecule has 0 radical (unpaired) electrons. The summed E-state index contributed by atoms with van der Waals surface area (Å²) >= 11 is 0. The molecule has 2 aliphatic heterocycles.